The van der Waals surface area contributed by atoms with Crippen molar-refractivity contribution >= 4 is 5.97 Å². The molecule has 5 heteroatoms. The molecule has 0 aromatic rings. The van der Waals surface area contributed by atoms with E-state index >= 15 is 0 Å². The quantitative estimate of drug-likeness (QED) is 0.700. The third-order valence-electron chi connectivity index (χ3n) is 3.26. The second kappa shape index (κ2) is 6.33. The smallest absolute Gasteiger partial charge is 0.320 e. The average Bonchev–Trinajstić information content (AvgIpc) is 2.54. The van der Waals surface area contributed by atoms with E-state index in [-0.39, 0.29) is 6.04 Å². The summed E-state index contributed by atoms with van der Waals surface area (Å²) in [7, 11) is 3.94. The Bertz CT molecular complexity index is 258. The highest BCUT2D eigenvalue weighted by Gasteiger charge is 2.38. The predicted octanol–water partition coefficient (Wildman–Crippen LogP) is 0.237. The summed E-state index contributed by atoms with van der Waals surface area (Å²) in [5.41, 5.74) is 0. The first-order valence-electron chi connectivity index (χ1n) is 6.27. The van der Waals surface area contributed by atoms with Gasteiger partial charge in [-0.1, -0.05) is 13.3 Å². The Morgan fingerprint density at radius 3 is 2.65 bits per heavy atom. The van der Waals surface area contributed by atoms with Crippen molar-refractivity contribution in [2.45, 2.75) is 44.4 Å². The molecule has 3 atom stereocenters. The van der Waals surface area contributed by atoms with Gasteiger partial charge < -0.3 is 15.1 Å². The molecule has 17 heavy (non-hydrogen) atoms. The van der Waals surface area contributed by atoms with E-state index in [4.69, 9.17) is 0 Å². The van der Waals surface area contributed by atoms with E-state index in [0.717, 1.165) is 13.0 Å². The molecular formula is C12H24N2O3. The molecule has 0 aromatic heterocycles. The molecule has 0 radical (unpaired) electrons. The van der Waals surface area contributed by atoms with Crippen molar-refractivity contribution < 1.29 is 15.0 Å². The monoisotopic (exact) mass is 244 g/mol. The number of aliphatic hydroxyl groups excluding tert-OH is 1. The van der Waals surface area contributed by atoms with Crippen LogP contribution in [0.4, 0.5) is 0 Å². The molecule has 0 bridgehead atoms. The summed E-state index contributed by atoms with van der Waals surface area (Å²) >= 11 is 0. The Hall–Kier alpha value is -0.650. The van der Waals surface area contributed by atoms with E-state index in [9.17, 15) is 15.0 Å². The number of aliphatic hydroxyl groups is 1. The summed E-state index contributed by atoms with van der Waals surface area (Å²) in [6.45, 7) is 3.27. The normalized spacial score (nSPS) is 27.6. The summed E-state index contributed by atoms with van der Waals surface area (Å²) in [6.07, 6.45) is 1.77. The van der Waals surface area contributed by atoms with Gasteiger partial charge in [0.25, 0.3) is 0 Å². The molecule has 0 aliphatic carbocycles. The zero-order valence-electron chi connectivity index (χ0n) is 11.0. The molecule has 1 fully saturated rings. The number of likely N-dealkylation sites (tertiary alicyclic amines) is 1. The zero-order valence-corrected chi connectivity index (χ0v) is 11.0. The summed E-state index contributed by atoms with van der Waals surface area (Å²) in [5, 5.41) is 19.0. The van der Waals surface area contributed by atoms with Gasteiger partial charge >= 0.3 is 5.97 Å². The second-order valence-electron chi connectivity index (χ2n) is 5.15. The molecule has 2 N–H and O–H groups in total. The molecule has 1 saturated heterocycles. The van der Waals surface area contributed by atoms with E-state index in [1.54, 1.807) is 0 Å². The Morgan fingerprint density at radius 1 is 1.53 bits per heavy atom. The SMILES string of the molecule is CCCC(C(=O)O)N1CC(O)CC1CN(C)C. The number of carboxylic acids is 1. The number of aliphatic carboxylic acids is 1. The first-order valence-corrected chi connectivity index (χ1v) is 6.27. The van der Waals surface area contributed by atoms with E-state index in [0.29, 0.717) is 19.4 Å². The first-order chi connectivity index (χ1) is 7.95. The molecule has 0 aromatic carbocycles. The lowest BCUT2D eigenvalue weighted by atomic mass is 10.1. The third-order valence-corrected chi connectivity index (χ3v) is 3.26. The number of nitrogens with zero attached hydrogens (tertiary/aromatic N) is 2. The lowest BCUT2D eigenvalue weighted by molar-refractivity contribution is -0.144. The Morgan fingerprint density at radius 2 is 2.18 bits per heavy atom. The van der Waals surface area contributed by atoms with E-state index in [2.05, 4.69) is 0 Å². The Labute approximate surface area is 103 Å². The molecule has 5 nitrogen and oxygen atoms in total. The maximum absolute atomic E-state index is 11.3. The van der Waals surface area contributed by atoms with Crippen LogP contribution in [0, 0.1) is 0 Å². The fourth-order valence-corrected chi connectivity index (χ4v) is 2.60. The largest absolute Gasteiger partial charge is 0.480 e. The molecule has 0 amide bonds. The van der Waals surface area contributed by atoms with Gasteiger partial charge in [-0.15, -0.1) is 0 Å². The minimum atomic E-state index is -0.773. The van der Waals surface area contributed by atoms with Crippen LogP contribution in [0.5, 0.6) is 0 Å². The summed E-state index contributed by atoms with van der Waals surface area (Å²) in [6, 6.07) is -0.310. The minimum Gasteiger partial charge on any atom is -0.480 e. The highest BCUT2D eigenvalue weighted by atomic mass is 16.4. The number of hydrogen-bond acceptors (Lipinski definition) is 4. The molecule has 1 heterocycles. The van der Waals surface area contributed by atoms with E-state index in [1.807, 2.05) is 30.8 Å². The van der Waals surface area contributed by atoms with Gasteiger partial charge in [-0.05, 0) is 26.9 Å². The molecular weight excluding hydrogens is 220 g/mol. The van der Waals surface area contributed by atoms with Gasteiger partial charge in [0.15, 0.2) is 0 Å². The molecule has 1 rings (SSSR count). The van der Waals surface area contributed by atoms with Crippen LogP contribution in [0.1, 0.15) is 26.2 Å². The van der Waals surface area contributed by atoms with Crippen LogP contribution in [0.25, 0.3) is 0 Å². The van der Waals surface area contributed by atoms with Crippen LogP contribution in [0.3, 0.4) is 0 Å². The lowest BCUT2D eigenvalue weighted by Crippen LogP contribution is -2.47. The number of rotatable bonds is 6. The van der Waals surface area contributed by atoms with Crippen molar-refractivity contribution in [3.8, 4) is 0 Å². The number of likely N-dealkylation sites (N-methyl/N-ethyl adjacent to an activating group) is 1. The standard InChI is InChI=1S/C12H24N2O3/c1-4-5-11(12(16)17)14-8-10(15)6-9(14)7-13(2)3/h9-11,15H,4-8H2,1-3H3,(H,16,17). The summed E-state index contributed by atoms with van der Waals surface area (Å²) < 4.78 is 0. The van der Waals surface area contributed by atoms with Crippen molar-refractivity contribution in [2.24, 2.45) is 0 Å². The van der Waals surface area contributed by atoms with Gasteiger partial charge in [0.2, 0.25) is 0 Å². The summed E-state index contributed by atoms with van der Waals surface area (Å²) in [4.78, 5) is 15.3. The lowest BCUT2D eigenvalue weighted by Gasteiger charge is -2.31. The van der Waals surface area contributed by atoms with Gasteiger partial charge in [-0.2, -0.15) is 0 Å². The van der Waals surface area contributed by atoms with Crippen LogP contribution >= 0.6 is 0 Å². The minimum absolute atomic E-state index is 0.146. The summed E-state index contributed by atoms with van der Waals surface area (Å²) in [5.74, 6) is -0.773. The Kier molecular flexibility index (Phi) is 5.36. The maximum Gasteiger partial charge on any atom is 0.320 e. The fourth-order valence-electron chi connectivity index (χ4n) is 2.60. The molecule has 1 aliphatic rings. The average molecular weight is 244 g/mol. The van der Waals surface area contributed by atoms with E-state index in [1.165, 1.54) is 0 Å². The van der Waals surface area contributed by atoms with Gasteiger partial charge in [-0.3, -0.25) is 9.69 Å². The van der Waals surface area contributed by atoms with Gasteiger partial charge in [-0.25, -0.2) is 0 Å². The van der Waals surface area contributed by atoms with Crippen LogP contribution in [-0.4, -0.2) is 71.4 Å². The first kappa shape index (κ1) is 14.4. The Balaban J connectivity index is 2.72. The molecule has 100 valence electrons. The number of hydrogen-bond donors (Lipinski definition) is 2. The van der Waals surface area contributed by atoms with Crippen molar-refractivity contribution in [1.82, 2.24) is 9.80 Å². The number of carboxylic acid groups (broad SMARTS) is 1. The van der Waals surface area contributed by atoms with Crippen LogP contribution < -0.4 is 0 Å². The zero-order chi connectivity index (χ0) is 13.0. The fraction of sp³-hybridized carbons (Fsp3) is 0.917. The van der Waals surface area contributed by atoms with E-state index < -0.39 is 18.1 Å². The van der Waals surface area contributed by atoms with Gasteiger partial charge in [0.1, 0.15) is 6.04 Å². The van der Waals surface area contributed by atoms with Crippen LogP contribution in [0.2, 0.25) is 0 Å². The highest BCUT2D eigenvalue weighted by molar-refractivity contribution is 5.73. The molecule has 0 spiro atoms. The topological polar surface area (TPSA) is 64.0 Å². The predicted molar refractivity (Wildman–Crippen MR) is 66.0 cm³/mol. The van der Waals surface area contributed by atoms with Gasteiger partial charge in [0, 0.05) is 19.1 Å². The number of carbonyl (C=O) groups is 1. The maximum atomic E-state index is 11.3. The highest BCUT2D eigenvalue weighted by Crippen LogP contribution is 2.23. The van der Waals surface area contributed by atoms with Crippen molar-refractivity contribution in [3.05, 3.63) is 0 Å². The van der Waals surface area contributed by atoms with Crippen molar-refractivity contribution in [3.63, 3.8) is 0 Å². The molecule has 0 saturated carbocycles. The van der Waals surface area contributed by atoms with Crippen molar-refractivity contribution in [2.75, 3.05) is 27.2 Å². The second-order valence-corrected chi connectivity index (χ2v) is 5.15. The van der Waals surface area contributed by atoms with Crippen LogP contribution in [-0.2, 0) is 4.79 Å². The third kappa shape index (κ3) is 3.94. The molecule has 1 aliphatic heterocycles. The van der Waals surface area contributed by atoms with Gasteiger partial charge in [0.05, 0.1) is 6.10 Å². The molecule has 3 unspecified atom stereocenters. The number of β-amino-alcohol motifs (C(OH)–C–C–N with tert-alkyl or cyclic N) is 1. The van der Waals surface area contributed by atoms with Crippen molar-refractivity contribution in [1.29, 1.82) is 0 Å². The van der Waals surface area contributed by atoms with Crippen LogP contribution in [0.15, 0.2) is 0 Å².